The number of fused-ring (bicyclic) bond motifs is 1. The molecule has 0 spiro atoms. The summed E-state index contributed by atoms with van der Waals surface area (Å²) in [6.45, 7) is 2.91. The third-order valence-electron chi connectivity index (χ3n) is 4.86. The SMILES string of the molecule is Cc1cn(Cc2ccccc2)c2cc(CC(=O)Nc3ccc(O)cc3)ccc12. The van der Waals surface area contributed by atoms with E-state index in [0.717, 1.165) is 17.6 Å². The van der Waals surface area contributed by atoms with Gasteiger partial charge in [-0.3, -0.25) is 4.79 Å². The smallest absolute Gasteiger partial charge is 0.228 e. The molecule has 0 fully saturated rings. The van der Waals surface area contributed by atoms with Gasteiger partial charge in [-0.25, -0.2) is 0 Å². The maximum Gasteiger partial charge on any atom is 0.228 e. The lowest BCUT2D eigenvalue weighted by Gasteiger charge is -2.08. The minimum absolute atomic E-state index is 0.0806. The molecule has 4 nitrogen and oxygen atoms in total. The van der Waals surface area contributed by atoms with Crippen molar-refractivity contribution in [1.82, 2.24) is 4.57 Å². The summed E-state index contributed by atoms with van der Waals surface area (Å²) in [5, 5.41) is 13.4. The van der Waals surface area contributed by atoms with E-state index in [4.69, 9.17) is 0 Å². The lowest BCUT2D eigenvalue weighted by molar-refractivity contribution is -0.115. The molecule has 1 heterocycles. The van der Waals surface area contributed by atoms with Crippen molar-refractivity contribution in [2.75, 3.05) is 5.32 Å². The molecular weight excluding hydrogens is 348 g/mol. The predicted molar refractivity (Wildman–Crippen MR) is 113 cm³/mol. The fourth-order valence-electron chi connectivity index (χ4n) is 3.48. The fraction of sp³-hybridized carbons (Fsp3) is 0.125. The lowest BCUT2D eigenvalue weighted by Crippen LogP contribution is -2.14. The van der Waals surface area contributed by atoms with E-state index in [1.54, 1.807) is 24.3 Å². The topological polar surface area (TPSA) is 54.3 Å². The minimum atomic E-state index is -0.0806. The summed E-state index contributed by atoms with van der Waals surface area (Å²) in [6.07, 6.45) is 2.46. The van der Waals surface area contributed by atoms with Crippen LogP contribution in [0.2, 0.25) is 0 Å². The second kappa shape index (κ2) is 7.61. The lowest BCUT2D eigenvalue weighted by atomic mass is 10.1. The van der Waals surface area contributed by atoms with E-state index in [2.05, 4.69) is 47.3 Å². The molecule has 0 bridgehead atoms. The molecule has 0 saturated carbocycles. The number of nitrogens with one attached hydrogen (secondary N) is 1. The molecule has 0 aliphatic rings. The Balaban J connectivity index is 1.55. The standard InChI is InChI=1S/C24H22N2O2/c1-17-15-26(16-18-5-3-2-4-6-18)23-13-19(7-12-22(17)23)14-24(28)25-20-8-10-21(27)11-9-20/h2-13,15,27H,14,16H2,1H3,(H,25,28). The highest BCUT2D eigenvalue weighted by atomic mass is 16.3. The Kier molecular flexibility index (Phi) is 4.85. The second-order valence-corrected chi connectivity index (χ2v) is 7.05. The monoisotopic (exact) mass is 370 g/mol. The van der Waals surface area contributed by atoms with Gasteiger partial charge < -0.3 is 15.0 Å². The zero-order chi connectivity index (χ0) is 19.5. The van der Waals surface area contributed by atoms with E-state index in [9.17, 15) is 9.90 Å². The number of carbonyl (C=O) groups is 1. The van der Waals surface area contributed by atoms with E-state index < -0.39 is 0 Å². The Hall–Kier alpha value is -3.53. The first-order valence-corrected chi connectivity index (χ1v) is 9.30. The molecule has 0 aliphatic heterocycles. The quantitative estimate of drug-likeness (QED) is 0.492. The summed E-state index contributed by atoms with van der Waals surface area (Å²) in [5.41, 5.74) is 5.25. The molecule has 2 N–H and O–H groups in total. The van der Waals surface area contributed by atoms with Gasteiger partial charge in [-0.15, -0.1) is 0 Å². The zero-order valence-electron chi connectivity index (χ0n) is 15.7. The Morgan fingerprint density at radius 2 is 1.71 bits per heavy atom. The van der Waals surface area contributed by atoms with Crippen LogP contribution in [0.15, 0.2) is 79.0 Å². The van der Waals surface area contributed by atoms with Crippen molar-refractivity contribution in [2.45, 2.75) is 19.9 Å². The molecule has 28 heavy (non-hydrogen) atoms. The highest BCUT2D eigenvalue weighted by Gasteiger charge is 2.10. The summed E-state index contributed by atoms with van der Waals surface area (Å²) in [7, 11) is 0. The molecule has 0 atom stereocenters. The average molecular weight is 370 g/mol. The number of phenolic OH excluding ortho intramolecular Hbond substituents is 1. The van der Waals surface area contributed by atoms with E-state index in [1.165, 1.54) is 16.5 Å². The first-order chi connectivity index (χ1) is 13.6. The van der Waals surface area contributed by atoms with Crippen LogP contribution in [0, 0.1) is 6.92 Å². The molecule has 4 aromatic rings. The Morgan fingerprint density at radius 1 is 0.964 bits per heavy atom. The summed E-state index contributed by atoms with van der Waals surface area (Å²) < 4.78 is 2.24. The number of anilines is 1. The molecule has 0 unspecified atom stereocenters. The maximum atomic E-state index is 12.4. The Morgan fingerprint density at radius 3 is 2.46 bits per heavy atom. The third kappa shape index (κ3) is 3.91. The van der Waals surface area contributed by atoms with Crippen LogP contribution in [-0.4, -0.2) is 15.6 Å². The average Bonchev–Trinajstić information content (AvgIpc) is 2.99. The van der Waals surface area contributed by atoms with Gasteiger partial charge in [0.15, 0.2) is 0 Å². The second-order valence-electron chi connectivity index (χ2n) is 7.05. The first kappa shape index (κ1) is 17.9. The molecule has 4 rings (SSSR count). The van der Waals surface area contributed by atoms with Gasteiger partial charge in [0, 0.05) is 29.3 Å². The Bertz CT molecular complexity index is 1110. The van der Waals surface area contributed by atoms with Gasteiger partial charge in [-0.2, -0.15) is 0 Å². The van der Waals surface area contributed by atoms with Crippen molar-refractivity contribution in [1.29, 1.82) is 0 Å². The van der Waals surface area contributed by atoms with Crippen molar-refractivity contribution in [3.8, 4) is 5.75 Å². The minimum Gasteiger partial charge on any atom is -0.508 e. The summed E-state index contributed by atoms with van der Waals surface area (Å²) >= 11 is 0. The number of aromatic hydroxyl groups is 1. The van der Waals surface area contributed by atoms with Gasteiger partial charge in [0.1, 0.15) is 5.75 Å². The number of carbonyl (C=O) groups excluding carboxylic acids is 1. The van der Waals surface area contributed by atoms with Crippen LogP contribution in [0.3, 0.4) is 0 Å². The number of aromatic nitrogens is 1. The number of phenols is 1. The van der Waals surface area contributed by atoms with Crippen molar-refractivity contribution in [2.24, 2.45) is 0 Å². The molecular formula is C24H22N2O2. The first-order valence-electron chi connectivity index (χ1n) is 9.30. The molecule has 3 aromatic carbocycles. The number of rotatable bonds is 5. The van der Waals surface area contributed by atoms with Gasteiger partial charge in [0.2, 0.25) is 5.91 Å². The van der Waals surface area contributed by atoms with Crippen LogP contribution < -0.4 is 5.32 Å². The highest BCUT2D eigenvalue weighted by molar-refractivity contribution is 5.93. The van der Waals surface area contributed by atoms with E-state index >= 15 is 0 Å². The third-order valence-corrected chi connectivity index (χ3v) is 4.86. The Labute approximate surface area is 164 Å². The molecule has 0 radical (unpaired) electrons. The van der Waals surface area contributed by atoms with Crippen molar-refractivity contribution >= 4 is 22.5 Å². The van der Waals surface area contributed by atoms with Crippen molar-refractivity contribution in [3.05, 3.63) is 95.7 Å². The van der Waals surface area contributed by atoms with Crippen molar-refractivity contribution in [3.63, 3.8) is 0 Å². The van der Waals surface area contributed by atoms with Crippen LogP contribution >= 0.6 is 0 Å². The number of hydrogen-bond acceptors (Lipinski definition) is 2. The summed E-state index contributed by atoms with van der Waals surface area (Å²) in [6, 6.07) is 23.0. The fourth-order valence-corrected chi connectivity index (χ4v) is 3.48. The molecule has 0 saturated heterocycles. The zero-order valence-corrected chi connectivity index (χ0v) is 15.7. The number of nitrogens with zero attached hydrogens (tertiary/aromatic N) is 1. The predicted octanol–water partition coefficient (Wildman–Crippen LogP) is 4.88. The van der Waals surface area contributed by atoms with Crippen LogP contribution in [0.1, 0.15) is 16.7 Å². The van der Waals surface area contributed by atoms with Gasteiger partial charge in [-0.1, -0.05) is 42.5 Å². The van der Waals surface area contributed by atoms with E-state index in [1.807, 2.05) is 24.3 Å². The van der Waals surface area contributed by atoms with E-state index in [-0.39, 0.29) is 11.7 Å². The summed E-state index contributed by atoms with van der Waals surface area (Å²) in [4.78, 5) is 12.4. The largest absolute Gasteiger partial charge is 0.508 e. The number of amides is 1. The van der Waals surface area contributed by atoms with Crippen LogP contribution in [0.25, 0.3) is 10.9 Å². The van der Waals surface area contributed by atoms with Gasteiger partial charge in [-0.05, 0) is 53.9 Å². The molecule has 4 heteroatoms. The van der Waals surface area contributed by atoms with E-state index in [0.29, 0.717) is 12.1 Å². The number of hydrogen-bond donors (Lipinski definition) is 2. The molecule has 1 amide bonds. The molecule has 140 valence electrons. The summed E-state index contributed by atoms with van der Waals surface area (Å²) in [5.74, 6) is 0.0981. The maximum absolute atomic E-state index is 12.4. The van der Waals surface area contributed by atoms with Gasteiger partial charge in [0.25, 0.3) is 0 Å². The van der Waals surface area contributed by atoms with Crippen LogP contribution in [-0.2, 0) is 17.8 Å². The molecule has 0 aliphatic carbocycles. The normalized spacial score (nSPS) is 10.9. The highest BCUT2D eigenvalue weighted by Crippen LogP contribution is 2.24. The number of aryl methyl sites for hydroxylation is 1. The van der Waals surface area contributed by atoms with Crippen LogP contribution in [0.5, 0.6) is 5.75 Å². The molecule has 1 aromatic heterocycles. The van der Waals surface area contributed by atoms with Gasteiger partial charge in [0.05, 0.1) is 6.42 Å². The van der Waals surface area contributed by atoms with Crippen LogP contribution in [0.4, 0.5) is 5.69 Å². The van der Waals surface area contributed by atoms with Crippen molar-refractivity contribution < 1.29 is 9.90 Å². The number of benzene rings is 3. The van der Waals surface area contributed by atoms with Gasteiger partial charge >= 0.3 is 0 Å².